The van der Waals surface area contributed by atoms with Crippen LogP contribution in [0.1, 0.15) is 45.7 Å². The Hall–Kier alpha value is -3.65. The Morgan fingerprint density at radius 3 is 2.60 bits per heavy atom. The summed E-state index contributed by atoms with van der Waals surface area (Å²) in [6, 6.07) is 16.8. The zero-order valence-corrected chi connectivity index (χ0v) is 20.2. The lowest BCUT2D eigenvalue weighted by Crippen LogP contribution is -2.28. The molecule has 1 N–H and O–H groups in total. The minimum absolute atomic E-state index is 0.129. The summed E-state index contributed by atoms with van der Waals surface area (Å²) in [5.74, 6) is -0.272. The molecule has 1 aromatic heterocycles. The smallest absolute Gasteiger partial charge is 0.338 e. The van der Waals surface area contributed by atoms with Gasteiger partial charge in [0.15, 0.2) is 6.61 Å². The second-order valence-electron chi connectivity index (χ2n) is 8.62. The van der Waals surface area contributed by atoms with Gasteiger partial charge in [0, 0.05) is 24.4 Å². The van der Waals surface area contributed by atoms with E-state index in [2.05, 4.69) is 22.5 Å². The van der Waals surface area contributed by atoms with Crippen molar-refractivity contribution in [2.24, 2.45) is 0 Å². The van der Waals surface area contributed by atoms with Crippen molar-refractivity contribution in [3.63, 3.8) is 0 Å². The van der Waals surface area contributed by atoms with Crippen LogP contribution in [0.5, 0.6) is 5.75 Å². The molecule has 0 spiro atoms. The first kappa shape index (κ1) is 24.5. The predicted molar refractivity (Wildman–Crippen MR) is 130 cm³/mol. The van der Waals surface area contributed by atoms with E-state index in [-0.39, 0.29) is 18.6 Å². The Morgan fingerprint density at radius 1 is 1.11 bits per heavy atom. The summed E-state index contributed by atoms with van der Waals surface area (Å²) in [7, 11) is 0. The zero-order chi connectivity index (χ0) is 24.6. The van der Waals surface area contributed by atoms with Crippen LogP contribution < -0.4 is 10.1 Å². The van der Waals surface area contributed by atoms with Gasteiger partial charge in [0.05, 0.1) is 23.9 Å². The summed E-state index contributed by atoms with van der Waals surface area (Å²) in [5, 5.41) is 7.42. The molecule has 184 valence electrons. The van der Waals surface area contributed by atoms with Gasteiger partial charge in [0.25, 0.3) is 5.91 Å². The van der Waals surface area contributed by atoms with Gasteiger partial charge in [0.1, 0.15) is 12.4 Å². The van der Waals surface area contributed by atoms with Crippen LogP contribution in [-0.2, 0) is 27.4 Å². The van der Waals surface area contributed by atoms with Crippen molar-refractivity contribution in [1.29, 1.82) is 0 Å². The van der Waals surface area contributed by atoms with Crippen molar-refractivity contribution in [3.05, 3.63) is 82.7 Å². The maximum absolute atomic E-state index is 12.3. The summed E-state index contributed by atoms with van der Waals surface area (Å²) in [5.41, 5.74) is 4.32. The molecule has 1 fully saturated rings. The second kappa shape index (κ2) is 11.7. The third-order valence-corrected chi connectivity index (χ3v) is 6.05. The molecule has 1 atom stereocenters. The minimum Gasteiger partial charge on any atom is -0.491 e. The molecule has 8 heteroatoms. The monoisotopic (exact) mass is 477 g/mol. The molecule has 2 heterocycles. The number of hydrogen-bond donors (Lipinski definition) is 1. The lowest BCUT2D eigenvalue weighted by Gasteiger charge is -2.11. The Balaban J connectivity index is 1.22. The predicted octanol–water partition coefficient (Wildman–Crippen LogP) is 3.58. The van der Waals surface area contributed by atoms with Gasteiger partial charge in [-0.25, -0.2) is 4.79 Å². The van der Waals surface area contributed by atoms with Crippen LogP contribution in [0.2, 0.25) is 0 Å². The Morgan fingerprint density at radius 2 is 1.89 bits per heavy atom. The van der Waals surface area contributed by atoms with Crippen LogP contribution in [0.15, 0.2) is 54.6 Å². The molecule has 2 aromatic carbocycles. The molecule has 8 nitrogen and oxygen atoms in total. The molecule has 3 aromatic rings. The number of esters is 1. The quantitative estimate of drug-likeness (QED) is 0.449. The number of aryl methyl sites for hydroxylation is 1. The average molecular weight is 478 g/mol. The van der Waals surface area contributed by atoms with Crippen molar-refractivity contribution < 1.29 is 23.8 Å². The Bertz CT molecular complexity index is 1140. The molecule has 1 unspecified atom stereocenters. The first-order valence-corrected chi connectivity index (χ1v) is 11.8. The fourth-order valence-electron chi connectivity index (χ4n) is 4.00. The normalized spacial score (nSPS) is 15.1. The number of amides is 1. The van der Waals surface area contributed by atoms with Crippen molar-refractivity contribution in [3.8, 4) is 5.75 Å². The molecular formula is C27H31N3O5. The number of aromatic nitrogens is 2. The highest BCUT2D eigenvalue weighted by Gasteiger charge is 2.17. The molecule has 1 saturated heterocycles. The Labute approximate surface area is 205 Å². The summed E-state index contributed by atoms with van der Waals surface area (Å²) < 4.78 is 18.3. The van der Waals surface area contributed by atoms with Gasteiger partial charge in [0.2, 0.25) is 0 Å². The molecule has 0 radical (unpaired) electrons. The maximum atomic E-state index is 12.3. The number of carbonyl (C=O) groups excluding carboxylic acids is 2. The van der Waals surface area contributed by atoms with E-state index in [0.717, 1.165) is 42.0 Å². The molecule has 1 aliphatic rings. The van der Waals surface area contributed by atoms with Gasteiger partial charge in [-0.15, -0.1) is 0 Å². The topological polar surface area (TPSA) is 91.7 Å². The summed E-state index contributed by atoms with van der Waals surface area (Å²) in [6.07, 6.45) is 2.19. The molecule has 0 bridgehead atoms. The van der Waals surface area contributed by atoms with Crippen molar-refractivity contribution in [1.82, 2.24) is 15.1 Å². The van der Waals surface area contributed by atoms with Crippen LogP contribution in [0.3, 0.4) is 0 Å². The first-order valence-electron chi connectivity index (χ1n) is 11.8. The van der Waals surface area contributed by atoms with E-state index in [9.17, 15) is 9.59 Å². The van der Waals surface area contributed by atoms with E-state index in [0.29, 0.717) is 31.0 Å². The standard InChI is InChI=1S/C27H31N3O5/c1-19-25(20(2)30(29-19)16-21-7-4-3-5-8-21)15-28-26(31)18-35-27(32)22-10-12-23(13-11-22)34-17-24-9-6-14-33-24/h3-5,7-8,10-13,24H,6,9,14-18H2,1-2H3,(H,28,31). The molecule has 1 aliphatic heterocycles. The summed E-state index contributed by atoms with van der Waals surface area (Å²) in [4.78, 5) is 24.6. The fourth-order valence-corrected chi connectivity index (χ4v) is 4.00. The second-order valence-corrected chi connectivity index (χ2v) is 8.62. The van der Waals surface area contributed by atoms with E-state index < -0.39 is 5.97 Å². The van der Waals surface area contributed by atoms with E-state index in [4.69, 9.17) is 14.2 Å². The van der Waals surface area contributed by atoms with Crippen LogP contribution in [0.25, 0.3) is 0 Å². The van der Waals surface area contributed by atoms with E-state index in [1.54, 1.807) is 24.3 Å². The van der Waals surface area contributed by atoms with Gasteiger partial charge < -0.3 is 19.5 Å². The molecule has 1 amide bonds. The molecule has 0 aliphatic carbocycles. The molecular weight excluding hydrogens is 446 g/mol. The number of rotatable bonds is 10. The highest BCUT2D eigenvalue weighted by Crippen LogP contribution is 2.17. The Kier molecular flexibility index (Phi) is 8.15. The molecule has 4 rings (SSSR count). The van der Waals surface area contributed by atoms with Gasteiger partial charge in [-0.3, -0.25) is 9.48 Å². The summed E-state index contributed by atoms with van der Waals surface area (Å²) >= 11 is 0. The van der Waals surface area contributed by atoms with Gasteiger partial charge in [-0.05, 0) is 56.5 Å². The molecule has 0 saturated carbocycles. The van der Waals surface area contributed by atoms with Gasteiger partial charge in [-0.1, -0.05) is 30.3 Å². The van der Waals surface area contributed by atoms with Crippen LogP contribution in [-0.4, -0.2) is 47.6 Å². The third-order valence-electron chi connectivity index (χ3n) is 6.05. The maximum Gasteiger partial charge on any atom is 0.338 e. The number of carbonyl (C=O) groups is 2. The average Bonchev–Trinajstić information content (AvgIpc) is 3.49. The SMILES string of the molecule is Cc1nn(Cc2ccccc2)c(C)c1CNC(=O)COC(=O)c1ccc(OCC2CCCO2)cc1. The number of ether oxygens (including phenoxy) is 3. The van der Waals surface area contributed by atoms with Crippen LogP contribution in [0.4, 0.5) is 0 Å². The molecule has 35 heavy (non-hydrogen) atoms. The van der Waals surface area contributed by atoms with E-state index in [1.165, 1.54) is 0 Å². The van der Waals surface area contributed by atoms with E-state index >= 15 is 0 Å². The van der Waals surface area contributed by atoms with Crippen LogP contribution in [0, 0.1) is 13.8 Å². The lowest BCUT2D eigenvalue weighted by molar-refractivity contribution is -0.124. The highest BCUT2D eigenvalue weighted by molar-refractivity contribution is 5.91. The largest absolute Gasteiger partial charge is 0.491 e. The number of nitrogens with one attached hydrogen (secondary N) is 1. The van der Waals surface area contributed by atoms with Crippen molar-refractivity contribution in [2.75, 3.05) is 19.8 Å². The summed E-state index contributed by atoms with van der Waals surface area (Å²) in [6.45, 7) is 5.81. The number of nitrogens with zero attached hydrogens (tertiary/aromatic N) is 2. The first-order chi connectivity index (χ1) is 17.0. The number of benzene rings is 2. The van der Waals surface area contributed by atoms with Crippen molar-refractivity contribution >= 4 is 11.9 Å². The zero-order valence-electron chi connectivity index (χ0n) is 20.2. The van der Waals surface area contributed by atoms with E-state index in [1.807, 2.05) is 36.7 Å². The fraction of sp³-hybridized carbons (Fsp3) is 0.370. The van der Waals surface area contributed by atoms with Gasteiger partial charge in [-0.2, -0.15) is 5.10 Å². The lowest BCUT2D eigenvalue weighted by atomic mass is 10.2. The minimum atomic E-state index is -0.561. The third kappa shape index (κ3) is 6.70. The highest BCUT2D eigenvalue weighted by atomic mass is 16.5. The van der Waals surface area contributed by atoms with Crippen LogP contribution >= 0.6 is 0 Å². The number of hydrogen-bond acceptors (Lipinski definition) is 6. The van der Waals surface area contributed by atoms with Crippen molar-refractivity contribution in [2.45, 2.75) is 45.9 Å². The van der Waals surface area contributed by atoms with Gasteiger partial charge >= 0.3 is 5.97 Å².